The van der Waals surface area contributed by atoms with Gasteiger partial charge < -0.3 is 15.0 Å². The largest absolute Gasteiger partial charge is 0.457 e. The zero-order valence-electron chi connectivity index (χ0n) is 16.9. The van der Waals surface area contributed by atoms with E-state index in [-0.39, 0.29) is 5.91 Å². The van der Waals surface area contributed by atoms with Crippen molar-refractivity contribution in [1.82, 2.24) is 4.57 Å². The summed E-state index contributed by atoms with van der Waals surface area (Å²) in [5.41, 5.74) is 10.4. The Balaban J connectivity index is 2.09. The molecule has 0 aliphatic rings. The Morgan fingerprint density at radius 3 is 2.39 bits per heavy atom. The van der Waals surface area contributed by atoms with Gasteiger partial charge in [-0.15, -0.1) is 0 Å². The Bertz CT molecular complexity index is 958. The van der Waals surface area contributed by atoms with Crippen molar-refractivity contribution in [1.29, 1.82) is 0 Å². The maximum atomic E-state index is 12.3. The molecule has 1 heterocycles. The second-order valence-electron chi connectivity index (χ2n) is 6.95. The molecule has 0 radical (unpaired) electrons. The van der Waals surface area contributed by atoms with E-state index in [2.05, 4.69) is 18.4 Å². The number of unbranched alkanes of at least 4 members (excludes halogenated alkanes) is 1. The zero-order chi connectivity index (χ0) is 20.1. The highest BCUT2D eigenvalue weighted by atomic mass is 16.5. The van der Waals surface area contributed by atoms with E-state index in [0.717, 1.165) is 59.8 Å². The van der Waals surface area contributed by atoms with Crippen LogP contribution in [0.1, 0.15) is 48.4 Å². The normalized spacial score (nSPS) is 10.8. The van der Waals surface area contributed by atoms with Crippen molar-refractivity contribution in [3.8, 4) is 22.6 Å². The number of primary amides is 1. The first-order chi connectivity index (χ1) is 13.6. The molecule has 28 heavy (non-hydrogen) atoms. The van der Waals surface area contributed by atoms with Crippen LogP contribution in [0.3, 0.4) is 0 Å². The summed E-state index contributed by atoms with van der Waals surface area (Å²) in [4.78, 5) is 12.3. The van der Waals surface area contributed by atoms with E-state index in [4.69, 9.17) is 10.5 Å². The number of aromatic nitrogens is 1. The molecule has 2 aromatic carbocycles. The third-order valence-electron chi connectivity index (χ3n) is 5.05. The molecule has 4 nitrogen and oxygen atoms in total. The number of para-hydroxylation sites is 1. The molecule has 0 unspecified atom stereocenters. The van der Waals surface area contributed by atoms with Crippen LogP contribution in [0.25, 0.3) is 11.1 Å². The Morgan fingerprint density at radius 1 is 1.04 bits per heavy atom. The molecule has 0 bridgehead atoms. The van der Waals surface area contributed by atoms with Gasteiger partial charge in [-0.2, -0.15) is 0 Å². The first kappa shape index (κ1) is 19.7. The minimum Gasteiger partial charge on any atom is -0.457 e. The molecule has 4 heteroatoms. The van der Waals surface area contributed by atoms with Gasteiger partial charge in [-0.25, -0.2) is 0 Å². The number of nitrogens with two attached hydrogens (primary N) is 1. The number of hydrogen-bond acceptors (Lipinski definition) is 2. The monoisotopic (exact) mass is 376 g/mol. The summed E-state index contributed by atoms with van der Waals surface area (Å²) in [6.45, 7) is 7.18. The van der Waals surface area contributed by atoms with Crippen LogP contribution in [0.5, 0.6) is 11.5 Å². The minimum atomic E-state index is -0.383. The van der Waals surface area contributed by atoms with Crippen LogP contribution < -0.4 is 10.5 Å². The van der Waals surface area contributed by atoms with Gasteiger partial charge in [0.05, 0.1) is 5.56 Å². The smallest absolute Gasteiger partial charge is 0.251 e. The van der Waals surface area contributed by atoms with Crippen LogP contribution in [-0.4, -0.2) is 10.5 Å². The van der Waals surface area contributed by atoms with Crippen molar-refractivity contribution in [2.75, 3.05) is 0 Å². The van der Waals surface area contributed by atoms with E-state index in [9.17, 15) is 4.79 Å². The number of rotatable bonds is 8. The summed E-state index contributed by atoms with van der Waals surface area (Å²) >= 11 is 0. The highest BCUT2D eigenvalue weighted by Crippen LogP contribution is 2.35. The molecule has 1 aromatic heterocycles. The lowest BCUT2D eigenvalue weighted by Gasteiger charge is -2.12. The number of carbonyl (C=O) groups excluding carboxylic acids is 1. The predicted molar refractivity (Wildman–Crippen MR) is 114 cm³/mol. The second kappa shape index (κ2) is 8.79. The third-order valence-corrected chi connectivity index (χ3v) is 5.05. The number of nitrogens with zero attached hydrogens (tertiary/aromatic N) is 1. The van der Waals surface area contributed by atoms with E-state index in [1.54, 1.807) is 0 Å². The Hall–Kier alpha value is -3.01. The zero-order valence-corrected chi connectivity index (χ0v) is 16.9. The number of benzene rings is 2. The van der Waals surface area contributed by atoms with Gasteiger partial charge in [0.25, 0.3) is 5.91 Å². The van der Waals surface area contributed by atoms with E-state index >= 15 is 0 Å². The highest BCUT2D eigenvalue weighted by Gasteiger charge is 2.23. The quantitative estimate of drug-likeness (QED) is 0.547. The lowest BCUT2D eigenvalue weighted by molar-refractivity contribution is 0.1000. The molecule has 0 fully saturated rings. The standard InChI is InChI=1S/C24H28N2O2/c1-4-6-15-26-17(3)22(24(25)27)23(21(26)5-2)18-11-10-14-20(16-18)28-19-12-8-7-9-13-19/h7-14,16H,4-6,15H2,1-3H3,(H2,25,27). The fourth-order valence-electron chi connectivity index (χ4n) is 3.74. The van der Waals surface area contributed by atoms with Gasteiger partial charge in [0.15, 0.2) is 0 Å². The average Bonchev–Trinajstić information content (AvgIpc) is 2.99. The predicted octanol–water partition coefficient (Wildman–Crippen LogP) is 5.72. The van der Waals surface area contributed by atoms with Crippen molar-refractivity contribution >= 4 is 5.91 Å². The van der Waals surface area contributed by atoms with Crippen LogP contribution in [0, 0.1) is 6.92 Å². The Labute approximate surface area is 166 Å². The van der Waals surface area contributed by atoms with E-state index in [1.165, 1.54) is 0 Å². The fourth-order valence-corrected chi connectivity index (χ4v) is 3.74. The van der Waals surface area contributed by atoms with Gasteiger partial charge in [0.2, 0.25) is 0 Å². The van der Waals surface area contributed by atoms with Gasteiger partial charge in [0.1, 0.15) is 11.5 Å². The van der Waals surface area contributed by atoms with Crippen LogP contribution in [0.4, 0.5) is 0 Å². The van der Waals surface area contributed by atoms with Crippen molar-refractivity contribution in [2.45, 2.75) is 46.6 Å². The molecule has 3 rings (SSSR count). The molecule has 2 N–H and O–H groups in total. The molecule has 0 spiro atoms. The molecule has 0 atom stereocenters. The van der Waals surface area contributed by atoms with Gasteiger partial charge in [-0.1, -0.05) is 50.6 Å². The van der Waals surface area contributed by atoms with Gasteiger partial charge in [-0.05, 0) is 49.6 Å². The van der Waals surface area contributed by atoms with E-state index in [0.29, 0.717) is 5.56 Å². The van der Waals surface area contributed by atoms with Gasteiger partial charge in [-0.3, -0.25) is 4.79 Å². The number of amides is 1. The van der Waals surface area contributed by atoms with E-state index < -0.39 is 0 Å². The molecular formula is C24H28N2O2. The maximum Gasteiger partial charge on any atom is 0.251 e. The lowest BCUT2D eigenvalue weighted by atomic mass is 9.98. The highest BCUT2D eigenvalue weighted by molar-refractivity contribution is 6.02. The number of hydrogen-bond donors (Lipinski definition) is 1. The summed E-state index contributed by atoms with van der Waals surface area (Å²) in [5.74, 6) is 1.13. The van der Waals surface area contributed by atoms with Gasteiger partial charge in [0, 0.05) is 23.5 Å². The maximum absolute atomic E-state index is 12.3. The Morgan fingerprint density at radius 2 is 1.75 bits per heavy atom. The van der Waals surface area contributed by atoms with Crippen molar-refractivity contribution in [3.05, 3.63) is 71.5 Å². The average molecular weight is 377 g/mol. The van der Waals surface area contributed by atoms with Crippen molar-refractivity contribution in [3.63, 3.8) is 0 Å². The number of ether oxygens (including phenoxy) is 1. The van der Waals surface area contributed by atoms with Crippen LogP contribution in [-0.2, 0) is 13.0 Å². The second-order valence-corrected chi connectivity index (χ2v) is 6.95. The third kappa shape index (κ3) is 3.96. The molecule has 0 aliphatic carbocycles. The molecule has 1 amide bonds. The van der Waals surface area contributed by atoms with Crippen LogP contribution >= 0.6 is 0 Å². The SMILES string of the molecule is CCCCn1c(C)c(C(N)=O)c(-c2cccc(Oc3ccccc3)c2)c1CC. The number of carbonyl (C=O) groups is 1. The topological polar surface area (TPSA) is 57.2 Å². The summed E-state index contributed by atoms with van der Waals surface area (Å²) in [5, 5.41) is 0. The molecule has 3 aromatic rings. The minimum absolute atomic E-state index is 0.383. The van der Waals surface area contributed by atoms with Crippen molar-refractivity contribution in [2.24, 2.45) is 5.73 Å². The molecule has 0 saturated heterocycles. The van der Waals surface area contributed by atoms with E-state index in [1.807, 2.05) is 61.5 Å². The summed E-state index contributed by atoms with van der Waals surface area (Å²) in [7, 11) is 0. The Kier molecular flexibility index (Phi) is 6.19. The van der Waals surface area contributed by atoms with Crippen LogP contribution in [0.2, 0.25) is 0 Å². The molecular weight excluding hydrogens is 348 g/mol. The molecule has 0 aliphatic heterocycles. The molecule has 146 valence electrons. The lowest BCUT2D eigenvalue weighted by Crippen LogP contribution is -2.13. The molecule has 0 saturated carbocycles. The van der Waals surface area contributed by atoms with Gasteiger partial charge >= 0.3 is 0 Å². The van der Waals surface area contributed by atoms with Crippen molar-refractivity contribution < 1.29 is 9.53 Å². The summed E-state index contributed by atoms with van der Waals surface area (Å²) in [6, 6.07) is 17.6. The summed E-state index contributed by atoms with van der Waals surface area (Å²) in [6.07, 6.45) is 3.00. The fraction of sp³-hybridized carbons (Fsp3) is 0.292. The first-order valence-corrected chi connectivity index (χ1v) is 9.91. The van der Waals surface area contributed by atoms with Crippen LogP contribution in [0.15, 0.2) is 54.6 Å². The summed E-state index contributed by atoms with van der Waals surface area (Å²) < 4.78 is 8.25. The first-order valence-electron chi connectivity index (χ1n) is 9.91.